The number of ether oxygens (including phenoxy) is 1. The van der Waals surface area contributed by atoms with Gasteiger partial charge in [0.25, 0.3) is 0 Å². The number of benzene rings is 1. The Hall–Kier alpha value is -1.90. The first-order chi connectivity index (χ1) is 8.66. The highest BCUT2D eigenvalue weighted by atomic mass is 16.5. The Morgan fingerprint density at radius 3 is 2.50 bits per heavy atom. The molecule has 1 fully saturated rings. The molecule has 1 aliphatic rings. The molecule has 18 heavy (non-hydrogen) atoms. The lowest BCUT2D eigenvalue weighted by Crippen LogP contribution is -2.15. The lowest BCUT2D eigenvalue weighted by molar-refractivity contribution is -0.140. The van der Waals surface area contributed by atoms with Crippen molar-refractivity contribution in [1.29, 1.82) is 0 Å². The molecule has 1 aromatic rings. The van der Waals surface area contributed by atoms with Crippen LogP contribution < -0.4 is 0 Å². The molecule has 0 unspecified atom stereocenters. The number of esters is 1. The molecule has 0 aromatic heterocycles. The fourth-order valence-electron chi connectivity index (χ4n) is 1.58. The smallest absolute Gasteiger partial charge is 0.341 e. The molecule has 3 heteroatoms. The predicted octanol–water partition coefficient (Wildman–Crippen LogP) is 2.61. The van der Waals surface area contributed by atoms with Gasteiger partial charge in [0.15, 0.2) is 5.78 Å². The second kappa shape index (κ2) is 5.63. The van der Waals surface area contributed by atoms with Gasteiger partial charge in [-0.3, -0.25) is 4.79 Å². The van der Waals surface area contributed by atoms with Crippen molar-refractivity contribution < 1.29 is 14.3 Å². The van der Waals surface area contributed by atoms with Crippen LogP contribution in [0.25, 0.3) is 6.08 Å². The summed E-state index contributed by atoms with van der Waals surface area (Å²) in [4.78, 5) is 23.3. The lowest BCUT2D eigenvalue weighted by Gasteiger charge is -2.05. The summed E-state index contributed by atoms with van der Waals surface area (Å²) >= 11 is 0. The van der Waals surface area contributed by atoms with Crippen molar-refractivity contribution in [3.05, 3.63) is 41.5 Å². The molecule has 2 rings (SSSR count). The highest BCUT2D eigenvalue weighted by Crippen LogP contribution is 2.29. The average molecular weight is 244 g/mol. The Kier molecular flexibility index (Phi) is 3.92. The number of carbonyl (C=O) groups excluding carboxylic acids is 2. The van der Waals surface area contributed by atoms with Gasteiger partial charge in [0, 0.05) is 0 Å². The number of rotatable bonds is 5. The van der Waals surface area contributed by atoms with Gasteiger partial charge < -0.3 is 4.74 Å². The van der Waals surface area contributed by atoms with Gasteiger partial charge in [-0.25, -0.2) is 4.79 Å². The van der Waals surface area contributed by atoms with Gasteiger partial charge in [-0.05, 0) is 37.3 Å². The van der Waals surface area contributed by atoms with Crippen molar-refractivity contribution in [2.75, 3.05) is 6.61 Å². The third kappa shape index (κ3) is 3.55. The molecular weight excluding hydrogens is 228 g/mol. The third-order valence-corrected chi connectivity index (χ3v) is 2.86. The number of ketones is 1. The lowest BCUT2D eigenvalue weighted by atomic mass is 10.1. The average Bonchev–Trinajstić information content (AvgIpc) is 3.18. The minimum atomic E-state index is -0.516. The Labute approximate surface area is 106 Å². The second-order valence-electron chi connectivity index (χ2n) is 4.57. The molecule has 1 aromatic carbocycles. The third-order valence-electron chi connectivity index (χ3n) is 2.86. The number of hydrogen-bond acceptors (Lipinski definition) is 3. The Balaban J connectivity index is 2.09. The van der Waals surface area contributed by atoms with Crippen LogP contribution in [0.15, 0.2) is 35.9 Å². The Morgan fingerprint density at radius 1 is 1.28 bits per heavy atom. The van der Waals surface area contributed by atoms with Crippen LogP contribution in [0.4, 0.5) is 0 Å². The van der Waals surface area contributed by atoms with Crippen LogP contribution >= 0.6 is 0 Å². The van der Waals surface area contributed by atoms with E-state index in [1.807, 2.05) is 30.3 Å². The maximum Gasteiger partial charge on any atom is 0.341 e. The summed E-state index contributed by atoms with van der Waals surface area (Å²) in [6.45, 7) is 1.81. The van der Waals surface area contributed by atoms with Crippen LogP contribution in [0.5, 0.6) is 0 Å². The van der Waals surface area contributed by atoms with Crippen molar-refractivity contribution in [1.82, 2.24) is 0 Å². The van der Waals surface area contributed by atoms with Crippen LogP contribution in [-0.4, -0.2) is 18.4 Å². The molecule has 0 saturated heterocycles. The van der Waals surface area contributed by atoms with E-state index in [1.165, 1.54) is 6.92 Å². The summed E-state index contributed by atoms with van der Waals surface area (Å²) in [6.07, 6.45) is 3.81. The van der Waals surface area contributed by atoms with Crippen molar-refractivity contribution in [3.63, 3.8) is 0 Å². The fraction of sp³-hybridized carbons (Fsp3) is 0.333. The summed E-state index contributed by atoms with van der Waals surface area (Å²) in [7, 11) is 0. The molecule has 0 aliphatic heterocycles. The van der Waals surface area contributed by atoms with E-state index in [9.17, 15) is 9.59 Å². The van der Waals surface area contributed by atoms with E-state index >= 15 is 0 Å². The quantitative estimate of drug-likeness (QED) is 0.346. The molecule has 0 bridgehead atoms. The zero-order chi connectivity index (χ0) is 13.0. The van der Waals surface area contributed by atoms with Crippen LogP contribution in [-0.2, 0) is 14.3 Å². The second-order valence-corrected chi connectivity index (χ2v) is 4.57. The predicted molar refractivity (Wildman–Crippen MR) is 68.8 cm³/mol. The van der Waals surface area contributed by atoms with Crippen LogP contribution in [0.1, 0.15) is 25.3 Å². The maximum absolute atomic E-state index is 11.8. The van der Waals surface area contributed by atoms with Gasteiger partial charge in [-0.1, -0.05) is 30.3 Å². The summed E-state index contributed by atoms with van der Waals surface area (Å²) in [5, 5.41) is 0. The molecule has 1 saturated carbocycles. The molecule has 0 amide bonds. The zero-order valence-corrected chi connectivity index (χ0v) is 10.4. The number of carbonyl (C=O) groups is 2. The van der Waals surface area contributed by atoms with Crippen molar-refractivity contribution in [3.8, 4) is 0 Å². The van der Waals surface area contributed by atoms with Crippen LogP contribution in [0.2, 0.25) is 0 Å². The van der Waals surface area contributed by atoms with Gasteiger partial charge in [0.2, 0.25) is 0 Å². The van der Waals surface area contributed by atoms with Crippen LogP contribution in [0.3, 0.4) is 0 Å². The van der Waals surface area contributed by atoms with Gasteiger partial charge in [0.1, 0.15) is 5.57 Å². The van der Waals surface area contributed by atoms with Gasteiger partial charge in [-0.2, -0.15) is 0 Å². The highest BCUT2D eigenvalue weighted by molar-refractivity contribution is 6.19. The molecular formula is C15H16O3. The zero-order valence-electron chi connectivity index (χ0n) is 10.4. The molecule has 3 nitrogen and oxygen atoms in total. The maximum atomic E-state index is 11.8. The SMILES string of the molecule is CC(=O)C(=Cc1ccccc1)C(=O)OCC1CC1. The van der Waals surface area contributed by atoms with E-state index in [-0.39, 0.29) is 11.4 Å². The topological polar surface area (TPSA) is 43.4 Å². The molecule has 0 heterocycles. The summed E-state index contributed by atoms with van der Waals surface area (Å²) in [5.41, 5.74) is 0.938. The fourth-order valence-corrected chi connectivity index (χ4v) is 1.58. The van der Waals surface area contributed by atoms with Gasteiger partial charge in [-0.15, -0.1) is 0 Å². The van der Waals surface area contributed by atoms with E-state index in [4.69, 9.17) is 4.74 Å². The minimum Gasteiger partial charge on any atom is -0.462 e. The van der Waals surface area contributed by atoms with E-state index in [1.54, 1.807) is 6.08 Å². The molecule has 94 valence electrons. The first-order valence-corrected chi connectivity index (χ1v) is 6.11. The first kappa shape index (κ1) is 12.6. The van der Waals surface area contributed by atoms with Gasteiger partial charge in [0.05, 0.1) is 6.61 Å². The molecule has 0 radical (unpaired) electrons. The van der Waals surface area contributed by atoms with Crippen molar-refractivity contribution in [2.45, 2.75) is 19.8 Å². The van der Waals surface area contributed by atoms with Crippen molar-refractivity contribution in [2.24, 2.45) is 5.92 Å². The molecule has 0 N–H and O–H groups in total. The normalized spacial score (nSPS) is 15.3. The molecule has 1 aliphatic carbocycles. The van der Waals surface area contributed by atoms with E-state index in [0.717, 1.165) is 18.4 Å². The van der Waals surface area contributed by atoms with Gasteiger partial charge >= 0.3 is 5.97 Å². The Morgan fingerprint density at radius 2 is 1.94 bits per heavy atom. The first-order valence-electron chi connectivity index (χ1n) is 6.11. The summed E-state index contributed by atoms with van der Waals surface area (Å²) in [6, 6.07) is 9.29. The highest BCUT2D eigenvalue weighted by Gasteiger charge is 2.24. The number of Topliss-reactive ketones (excluding diaryl/α,β-unsaturated/α-hetero) is 1. The summed E-state index contributed by atoms with van der Waals surface area (Å²) < 4.78 is 5.13. The standard InChI is InChI=1S/C15H16O3/c1-11(16)14(9-12-5-3-2-4-6-12)15(17)18-10-13-7-8-13/h2-6,9,13H,7-8,10H2,1H3. The van der Waals surface area contributed by atoms with Crippen molar-refractivity contribution >= 4 is 17.8 Å². The largest absolute Gasteiger partial charge is 0.462 e. The summed E-state index contributed by atoms with van der Waals surface area (Å²) in [5.74, 6) is -0.281. The minimum absolute atomic E-state index is 0.113. The van der Waals surface area contributed by atoms with Crippen LogP contribution in [0, 0.1) is 5.92 Å². The Bertz CT molecular complexity index is 470. The van der Waals surface area contributed by atoms with E-state index in [0.29, 0.717) is 12.5 Å². The monoisotopic (exact) mass is 244 g/mol. The van der Waals surface area contributed by atoms with E-state index < -0.39 is 5.97 Å². The number of hydrogen-bond donors (Lipinski definition) is 0. The van der Waals surface area contributed by atoms with E-state index in [2.05, 4.69) is 0 Å². The molecule has 0 spiro atoms. The molecule has 0 atom stereocenters.